The van der Waals surface area contributed by atoms with Crippen LogP contribution in [0.3, 0.4) is 0 Å². The average Bonchev–Trinajstić information content (AvgIpc) is 3.02. The van der Waals surface area contributed by atoms with Crippen LogP contribution in [-0.2, 0) is 9.59 Å². The molecular weight excluding hydrogens is 376 g/mol. The number of carbonyl (C=O) groups is 3. The molecule has 0 unspecified atom stereocenters. The van der Waals surface area contributed by atoms with Gasteiger partial charge in [0.05, 0.1) is 0 Å². The number of nitrogens with one attached hydrogen (secondary N) is 1. The van der Waals surface area contributed by atoms with E-state index in [1.165, 1.54) is 18.2 Å². The number of nitrogens with zero attached hydrogens (tertiary/aromatic N) is 3. The summed E-state index contributed by atoms with van der Waals surface area (Å²) < 4.78 is 0. The lowest BCUT2D eigenvalue weighted by Gasteiger charge is -2.30. The van der Waals surface area contributed by atoms with E-state index in [1.807, 2.05) is 0 Å². The zero-order valence-corrected chi connectivity index (χ0v) is 16.5. The Morgan fingerprint density at radius 2 is 1.75 bits per heavy atom. The van der Waals surface area contributed by atoms with E-state index in [9.17, 15) is 14.4 Å². The summed E-state index contributed by atoms with van der Waals surface area (Å²) >= 11 is 1.40. The van der Waals surface area contributed by atoms with Crippen molar-refractivity contribution in [1.82, 2.24) is 9.80 Å². The fourth-order valence-electron chi connectivity index (χ4n) is 3.51. The maximum atomic E-state index is 12.4. The van der Waals surface area contributed by atoms with E-state index >= 15 is 0 Å². The van der Waals surface area contributed by atoms with Gasteiger partial charge < -0.3 is 15.1 Å². The van der Waals surface area contributed by atoms with Crippen LogP contribution in [0.1, 0.15) is 42.5 Å². The Morgan fingerprint density at radius 1 is 1.04 bits per heavy atom. The molecule has 0 spiro atoms. The number of hydrogen-bond donors (Lipinski definition) is 1. The normalized spacial score (nSPS) is 21.9. The highest BCUT2D eigenvalue weighted by molar-refractivity contribution is 8.15. The van der Waals surface area contributed by atoms with Crippen LogP contribution >= 0.6 is 11.8 Å². The first-order valence-corrected chi connectivity index (χ1v) is 10.7. The summed E-state index contributed by atoms with van der Waals surface area (Å²) in [5.41, 5.74) is 1.25. The van der Waals surface area contributed by atoms with Crippen LogP contribution < -0.4 is 5.32 Å². The second kappa shape index (κ2) is 8.34. The Labute approximate surface area is 168 Å². The number of amides is 3. The van der Waals surface area contributed by atoms with Gasteiger partial charge in [0.25, 0.3) is 11.8 Å². The molecule has 4 rings (SSSR count). The highest BCUT2D eigenvalue weighted by Crippen LogP contribution is 2.29. The molecule has 3 aliphatic rings. The smallest absolute Gasteiger partial charge is 0.262 e. The van der Waals surface area contributed by atoms with Crippen LogP contribution in [0, 0.1) is 0 Å². The quantitative estimate of drug-likeness (QED) is 0.839. The van der Waals surface area contributed by atoms with Crippen molar-refractivity contribution < 1.29 is 14.4 Å². The highest BCUT2D eigenvalue weighted by Gasteiger charge is 2.33. The van der Waals surface area contributed by atoms with Crippen LogP contribution in [0.4, 0.5) is 5.69 Å². The van der Waals surface area contributed by atoms with Crippen LogP contribution in [-0.4, -0.2) is 64.1 Å². The number of carbonyl (C=O) groups excluding carboxylic acids is 3. The van der Waals surface area contributed by atoms with Gasteiger partial charge in [0, 0.05) is 43.9 Å². The van der Waals surface area contributed by atoms with Gasteiger partial charge >= 0.3 is 0 Å². The molecule has 28 heavy (non-hydrogen) atoms. The predicted molar refractivity (Wildman–Crippen MR) is 109 cm³/mol. The number of likely N-dealkylation sites (tertiary alicyclic amines) is 2. The first-order chi connectivity index (χ1) is 13.6. The van der Waals surface area contributed by atoms with E-state index in [2.05, 4.69) is 15.2 Å². The molecule has 3 aliphatic heterocycles. The van der Waals surface area contributed by atoms with E-state index in [0.29, 0.717) is 11.3 Å². The third-order valence-corrected chi connectivity index (χ3v) is 6.50. The number of amidine groups is 1. The minimum atomic E-state index is -0.454. The standard InChI is InChI=1S/C20H24N4O3S/c25-17(13-16-18(26)22-20(28-16)24-9-2-1-3-10-24)21-15-7-5-14(6-8-15)19(27)23-11-4-12-23/h5-8,16H,1-4,9-13H2,(H,21,25)/t16-/m1/s1. The van der Waals surface area contributed by atoms with Gasteiger partial charge in [-0.1, -0.05) is 11.8 Å². The molecule has 3 heterocycles. The number of benzene rings is 1. The largest absolute Gasteiger partial charge is 0.351 e. The minimum absolute atomic E-state index is 0.0273. The van der Waals surface area contributed by atoms with Crippen molar-refractivity contribution in [3.05, 3.63) is 29.8 Å². The maximum Gasteiger partial charge on any atom is 0.262 e. The number of aliphatic imine (C=N–C) groups is 1. The molecule has 2 saturated heterocycles. The van der Waals surface area contributed by atoms with Gasteiger partial charge in [0.15, 0.2) is 5.17 Å². The van der Waals surface area contributed by atoms with Gasteiger partial charge in [-0.25, -0.2) is 0 Å². The third-order valence-electron chi connectivity index (χ3n) is 5.29. The number of anilines is 1. The molecule has 1 N–H and O–H groups in total. The lowest BCUT2D eigenvalue weighted by atomic mass is 10.1. The van der Waals surface area contributed by atoms with Gasteiger partial charge in [-0.05, 0) is 49.9 Å². The van der Waals surface area contributed by atoms with Gasteiger partial charge in [0.1, 0.15) is 5.25 Å². The number of piperidine rings is 1. The summed E-state index contributed by atoms with van der Waals surface area (Å²) in [7, 11) is 0. The third kappa shape index (κ3) is 4.22. The number of thioether (sulfide) groups is 1. The fourth-order valence-corrected chi connectivity index (χ4v) is 4.63. The van der Waals surface area contributed by atoms with E-state index in [1.54, 1.807) is 29.2 Å². The van der Waals surface area contributed by atoms with Crippen molar-refractivity contribution in [1.29, 1.82) is 0 Å². The lowest BCUT2D eigenvalue weighted by molar-refractivity contribution is -0.121. The van der Waals surface area contributed by atoms with E-state index in [4.69, 9.17) is 0 Å². The second-order valence-electron chi connectivity index (χ2n) is 7.36. The van der Waals surface area contributed by atoms with Crippen molar-refractivity contribution in [2.24, 2.45) is 4.99 Å². The highest BCUT2D eigenvalue weighted by atomic mass is 32.2. The monoisotopic (exact) mass is 400 g/mol. The molecular formula is C20H24N4O3S. The lowest BCUT2D eigenvalue weighted by Crippen LogP contribution is -2.41. The zero-order chi connectivity index (χ0) is 19.5. The first-order valence-electron chi connectivity index (χ1n) is 9.83. The topological polar surface area (TPSA) is 82.1 Å². The van der Waals surface area contributed by atoms with Crippen LogP contribution in [0.25, 0.3) is 0 Å². The van der Waals surface area contributed by atoms with Crippen molar-refractivity contribution in [2.75, 3.05) is 31.5 Å². The summed E-state index contributed by atoms with van der Waals surface area (Å²) in [6, 6.07) is 6.90. The average molecular weight is 401 g/mol. The molecule has 3 amide bonds. The van der Waals surface area contributed by atoms with Crippen LogP contribution in [0.15, 0.2) is 29.3 Å². The fraction of sp³-hybridized carbons (Fsp3) is 0.500. The molecule has 0 aromatic heterocycles. The molecule has 148 valence electrons. The molecule has 0 aliphatic carbocycles. The predicted octanol–water partition coefficient (Wildman–Crippen LogP) is 2.34. The Morgan fingerprint density at radius 3 is 2.39 bits per heavy atom. The Kier molecular flexibility index (Phi) is 5.66. The Balaban J connectivity index is 1.28. The Bertz CT molecular complexity index is 798. The first kappa shape index (κ1) is 19.0. The van der Waals surface area contributed by atoms with Crippen LogP contribution in [0.5, 0.6) is 0 Å². The van der Waals surface area contributed by atoms with Crippen molar-refractivity contribution in [3.63, 3.8) is 0 Å². The molecule has 7 nitrogen and oxygen atoms in total. The summed E-state index contributed by atoms with van der Waals surface area (Å²) in [6.45, 7) is 3.48. The maximum absolute atomic E-state index is 12.4. The second-order valence-corrected chi connectivity index (χ2v) is 8.53. The SMILES string of the molecule is O=C(C[C@H]1SC(N2CCCCC2)=NC1=O)Nc1ccc(C(=O)N2CCC2)cc1. The molecule has 1 aromatic rings. The van der Waals surface area contributed by atoms with Crippen molar-refractivity contribution in [2.45, 2.75) is 37.4 Å². The molecule has 8 heteroatoms. The van der Waals surface area contributed by atoms with Gasteiger partial charge in [-0.3, -0.25) is 14.4 Å². The molecule has 0 saturated carbocycles. The molecule has 2 fully saturated rings. The van der Waals surface area contributed by atoms with Gasteiger partial charge in [-0.15, -0.1) is 0 Å². The van der Waals surface area contributed by atoms with Gasteiger partial charge in [0.2, 0.25) is 5.91 Å². The van der Waals surface area contributed by atoms with Crippen molar-refractivity contribution in [3.8, 4) is 0 Å². The zero-order valence-electron chi connectivity index (χ0n) is 15.7. The molecule has 0 bridgehead atoms. The minimum Gasteiger partial charge on any atom is -0.351 e. The summed E-state index contributed by atoms with van der Waals surface area (Å²) in [5.74, 6) is -0.418. The molecule has 1 aromatic carbocycles. The molecule has 1 atom stereocenters. The van der Waals surface area contributed by atoms with Crippen molar-refractivity contribution >= 4 is 40.3 Å². The summed E-state index contributed by atoms with van der Waals surface area (Å²) in [6.07, 6.45) is 4.61. The number of hydrogen-bond acceptors (Lipinski definition) is 5. The molecule has 0 radical (unpaired) electrons. The Hall–Kier alpha value is -2.35. The van der Waals surface area contributed by atoms with Gasteiger partial charge in [-0.2, -0.15) is 4.99 Å². The van der Waals surface area contributed by atoms with E-state index < -0.39 is 5.25 Å². The summed E-state index contributed by atoms with van der Waals surface area (Å²) in [5, 5.41) is 3.12. The van der Waals surface area contributed by atoms with E-state index in [0.717, 1.165) is 50.6 Å². The summed E-state index contributed by atoms with van der Waals surface area (Å²) in [4.78, 5) is 44.8. The van der Waals surface area contributed by atoms with Crippen LogP contribution in [0.2, 0.25) is 0 Å². The van der Waals surface area contributed by atoms with E-state index in [-0.39, 0.29) is 24.1 Å². The number of rotatable bonds is 4.